The summed E-state index contributed by atoms with van der Waals surface area (Å²) in [6.07, 6.45) is 0. The molecule has 0 radical (unpaired) electrons. The molecule has 3 aromatic rings. The average molecular weight is 319 g/mol. The molecule has 0 aliphatic heterocycles. The Hall–Kier alpha value is -1.32. The van der Waals surface area contributed by atoms with E-state index >= 15 is 0 Å². The Morgan fingerprint density at radius 1 is 1.29 bits per heavy atom. The second-order valence-corrected chi connectivity index (χ2v) is 7.32. The van der Waals surface area contributed by atoms with Crippen LogP contribution in [0, 0.1) is 6.92 Å². The third-order valence-electron chi connectivity index (χ3n) is 3.84. The highest BCUT2D eigenvalue weighted by Gasteiger charge is 2.24. The SMILES string of the molecule is Cc1ccc2c(c1)nc(CCl)n2CC(C)(C)c1cccs1. The molecule has 0 saturated carbocycles. The van der Waals surface area contributed by atoms with E-state index in [1.54, 1.807) is 11.3 Å². The Morgan fingerprint density at radius 3 is 2.76 bits per heavy atom. The number of imidazole rings is 1. The molecule has 0 N–H and O–H groups in total. The van der Waals surface area contributed by atoms with Gasteiger partial charge in [-0.15, -0.1) is 22.9 Å². The summed E-state index contributed by atoms with van der Waals surface area (Å²) in [6, 6.07) is 10.7. The lowest BCUT2D eigenvalue weighted by Gasteiger charge is -2.25. The fourth-order valence-electron chi connectivity index (χ4n) is 2.71. The van der Waals surface area contributed by atoms with Crippen LogP contribution >= 0.6 is 22.9 Å². The summed E-state index contributed by atoms with van der Waals surface area (Å²) in [6.45, 7) is 7.53. The zero-order valence-electron chi connectivity index (χ0n) is 12.6. The summed E-state index contributed by atoms with van der Waals surface area (Å²) in [5, 5.41) is 2.13. The molecule has 2 aromatic heterocycles. The third-order valence-corrected chi connectivity index (χ3v) is 5.32. The van der Waals surface area contributed by atoms with E-state index in [2.05, 4.69) is 61.1 Å². The molecule has 0 amide bonds. The van der Waals surface area contributed by atoms with Crippen LogP contribution in [0.4, 0.5) is 0 Å². The van der Waals surface area contributed by atoms with Crippen LogP contribution in [0.3, 0.4) is 0 Å². The summed E-state index contributed by atoms with van der Waals surface area (Å²) in [5.41, 5.74) is 3.49. The fraction of sp³-hybridized carbons (Fsp3) is 0.353. The van der Waals surface area contributed by atoms with Crippen LogP contribution < -0.4 is 0 Å². The van der Waals surface area contributed by atoms with Crippen molar-refractivity contribution < 1.29 is 0 Å². The molecule has 0 atom stereocenters. The topological polar surface area (TPSA) is 17.8 Å². The Morgan fingerprint density at radius 2 is 2.10 bits per heavy atom. The predicted molar refractivity (Wildman–Crippen MR) is 91.4 cm³/mol. The van der Waals surface area contributed by atoms with E-state index in [1.807, 2.05) is 0 Å². The highest BCUT2D eigenvalue weighted by atomic mass is 35.5. The zero-order valence-corrected chi connectivity index (χ0v) is 14.1. The van der Waals surface area contributed by atoms with Crippen LogP contribution in [0.25, 0.3) is 11.0 Å². The van der Waals surface area contributed by atoms with Gasteiger partial charge < -0.3 is 4.57 Å². The zero-order chi connectivity index (χ0) is 15.0. The van der Waals surface area contributed by atoms with E-state index in [4.69, 9.17) is 16.6 Å². The van der Waals surface area contributed by atoms with Gasteiger partial charge in [0.15, 0.2) is 0 Å². The first kappa shape index (κ1) is 14.6. The molecule has 0 bridgehead atoms. The minimum atomic E-state index is 0.0630. The lowest BCUT2D eigenvalue weighted by atomic mass is 9.91. The van der Waals surface area contributed by atoms with Crippen molar-refractivity contribution in [3.63, 3.8) is 0 Å². The molecule has 1 aromatic carbocycles. The molecule has 0 saturated heterocycles. The third kappa shape index (κ3) is 2.72. The quantitative estimate of drug-likeness (QED) is 0.610. The molecule has 0 aliphatic rings. The smallest absolute Gasteiger partial charge is 0.124 e. The van der Waals surface area contributed by atoms with Crippen molar-refractivity contribution in [3.8, 4) is 0 Å². The van der Waals surface area contributed by atoms with E-state index in [1.165, 1.54) is 16.0 Å². The second kappa shape index (κ2) is 5.47. The highest BCUT2D eigenvalue weighted by molar-refractivity contribution is 7.10. The summed E-state index contributed by atoms with van der Waals surface area (Å²) in [5.74, 6) is 1.38. The number of rotatable bonds is 4. The highest BCUT2D eigenvalue weighted by Crippen LogP contribution is 2.31. The summed E-state index contributed by atoms with van der Waals surface area (Å²) in [4.78, 5) is 6.08. The summed E-state index contributed by atoms with van der Waals surface area (Å²) < 4.78 is 2.27. The number of halogens is 1. The molecule has 0 unspecified atom stereocenters. The van der Waals surface area contributed by atoms with Crippen molar-refractivity contribution in [2.75, 3.05) is 0 Å². The number of aryl methyl sites for hydroxylation is 1. The number of hydrogen-bond donors (Lipinski definition) is 0. The van der Waals surface area contributed by atoms with Gasteiger partial charge in [0.25, 0.3) is 0 Å². The standard InChI is InChI=1S/C17H19ClN2S/c1-12-6-7-14-13(9-12)19-16(10-18)20(14)11-17(2,3)15-5-4-8-21-15/h4-9H,10-11H2,1-3H3. The molecule has 0 aliphatic carbocycles. The molecule has 2 nitrogen and oxygen atoms in total. The van der Waals surface area contributed by atoms with Crippen LogP contribution in [-0.2, 0) is 17.8 Å². The maximum absolute atomic E-state index is 6.12. The first-order valence-electron chi connectivity index (χ1n) is 7.07. The van der Waals surface area contributed by atoms with Gasteiger partial charge in [0.05, 0.1) is 16.9 Å². The van der Waals surface area contributed by atoms with E-state index in [0.717, 1.165) is 17.9 Å². The number of hydrogen-bond acceptors (Lipinski definition) is 2. The summed E-state index contributed by atoms with van der Waals surface area (Å²) >= 11 is 7.92. The normalized spacial score (nSPS) is 12.2. The number of fused-ring (bicyclic) bond motifs is 1. The molecule has 4 heteroatoms. The molecule has 21 heavy (non-hydrogen) atoms. The van der Waals surface area contributed by atoms with Gasteiger partial charge in [-0.1, -0.05) is 26.0 Å². The Balaban J connectivity index is 2.07. The van der Waals surface area contributed by atoms with Crippen LogP contribution in [0.15, 0.2) is 35.7 Å². The number of benzene rings is 1. The number of nitrogens with zero attached hydrogens (tertiary/aromatic N) is 2. The first-order chi connectivity index (χ1) is 10.0. The number of alkyl halides is 1. The molecule has 2 heterocycles. The van der Waals surface area contributed by atoms with Crippen LogP contribution in [0.5, 0.6) is 0 Å². The molecular formula is C17H19ClN2S. The molecular weight excluding hydrogens is 300 g/mol. The van der Waals surface area contributed by atoms with Gasteiger partial charge in [-0.25, -0.2) is 4.98 Å². The minimum absolute atomic E-state index is 0.0630. The number of aromatic nitrogens is 2. The van der Waals surface area contributed by atoms with Gasteiger partial charge in [0.2, 0.25) is 0 Å². The lowest BCUT2D eigenvalue weighted by molar-refractivity contribution is 0.443. The molecule has 0 spiro atoms. The predicted octanol–water partition coefficient (Wildman–Crippen LogP) is 5.12. The molecule has 3 rings (SSSR count). The average Bonchev–Trinajstić information content (AvgIpc) is 3.06. The minimum Gasteiger partial charge on any atom is -0.326 e. The molecule has 110 valence electrons. The van der Waals surface area contributed by atoms with Gasteiger partial charge in [0.1, 0.15) is 5.82 Å². The van der Waals surface area contributed by atoms with Gasteiger partial charge in [-0.2, -0.15) is 0 Å². The lowest BCUT2D eigenvalue weighted by Crippen LogP contribution is -2.24. The van der Waals surface area contributed by atoms with Crippen LogP contribution in [0.2, 0.25) is 0 Å². The van der Waals surface area contributed by atoms with Crippen molar-refractivity contribution in [2.45, 2.75) is 38.6 Å². The maximum atomic E-state index is 6.12. The Bertz CT molecular complexity index is 757. The monoisotopic (exact) mass is 318 g/mol. The van der Waals surface area contributed by atoms with E-state index < -0.39 is 0 Å². The van der Waals surface area contributed by atoms with Crippen molar-refractivity contribution in [3.05, 3.63) is 52.0 Å². The van der Waals surface area contributed by atoms with Gasteiger partial charge in [-0.3, -0.25) is 0 Å². The number of thiophene rings is 1. The molecule has 0 fully saturated rings. The van der Waals surface area contributed by atoms with Crippen molar-refractivity contribution in [1.82, 2.24) is 9.55 Å². The largest absolute Gasteiger partial charge is 0.326 e. The van der Waals surface area contributed by atoms with E-state index in [9.17, 15) is 0 Å². The Kier molecular flexibility index (Phi) is 3.80. The van der Waals surface area contributed by atoms with Crippen molar-refractivity contribution >= 4 is 34.0 Å². The first-order valence-corrected chi connectivity index (χ1v) is 8.48. The fourth-order valence-corrected chi connectivity index (χ4v) is 3.75. The summed E-state index contributed by atoms with van der Waals surface area (Å²) in [7, 11) is 0. The van der Waals surface area contributed by atoms with E-state index in [-0.39, 0.29) is 5.41 Å². The Labute approximate surface area is 134 Å². The van der Waals surface area contributed by atoms with Gasteiger partial charge in [0, 0.05) is 16.8 Å². The van der Waals surface area contributed by atoms with E-state index in [0.29, 0.717) is 5.88 Å². The van der Waals surface area contributed by atoms with Crippen LogP contribution in [0.1, 0.15) is 30.1 Å². The van der Waals surface area contributed by atoms with Gasteiger partial charge in [-0.05, 0) is 36.1 Å². The second-order valence-electron chi connectivity index (χ2n) is 6.10. The van der Waals surface area contributed by atoms with Crippen molar-refractivity contribution in [1.29, 1.82) is 0 Å². The van der Waals surface area contributed by atoms with Crippen molar-refractivity contribution in [2.24, 2.45) is 0 Å². The van der Waals surface area contributed by atoms with Crippen LogP contribution in [-0.4, -0.2) is 9.55 Å². The maximum Gasteiger partial charge on any atom is 0.124 e. The van der Waals surface area contributed by atoms with Gasteiger partial charge >= 0.3 is 0 Å².